The largest absolute Gasteiger partial charge is 0.306 e. The van der Waals surface area contributed by atoms with Crippen LogP contribution in [-0.4, -0.2) is 23.0 Å². The van der Waals surface area contributed by atoms with Crippen LogP contribution in [-0.2, 0) is 4.57 Å². The van der Waals surface area contributed by atoms with E-state index in [1.54, 1.807) is 24.5 Å². The van der Waals surface area contributed by atoms with Gasteiger partial charge in [-0.3, -0.25) is 19.4 Å². The van der Waals surface area contributed by atoms with Crippen LogP contribution in [0.25, 0.3) is 0 Å². The first-order valence-electron chi connectivity index (χ1n) is 9.53. The second-order valence-corrected chi connectivity index (χ2v) is 9.17. The number of carbonyl (C=O) groups is 1. The minimum atomic E-state index is -3.20. The molecule has 0 aliphatic heterocycles. The van der Waals surface area contributed by atoms with E-state index >= 15 is 0 Å². The third kappa shape index (κ3) is 5.63. The van der Waals surface area contributed by atoms with Crippen LogP contribution >= 0.6 is 7.59 Å². The first-order chi connectivity index (χ1) is 12.1. The SMILES string of the molecule is O=C(NP(=O)(NC1CCCCC1)NC1CCCCC1)c1ccncc1. The lowest BCUT2D eigenvalue weighted by Gasteiger charge is -2.33. The van der Waals surface area contributed by atoms with Gasteiger partial charge in [-0.1, -0.05) is 38.5 Å². The van der Waals surface area contributed by atoms with Crippen molar-refractivity contribution in [3.8, 4) is 0 Å². The topological polar surface area (TPSA) is 83.1 Å². The summed E-state index contributed by atoms with van der Waals surface area (Å²) in [5.41, 5.74) is 0.478. The lowest BCUT2D eigenvalue weighted by molar-refractivity contribution is 0.0978. The van der Waals surface area contributed by atoms with Crippen molar-refractivity contribution >= 4 is 13.5 Å². The molecule has 1 heterocycles. The van der Waals surface area contributed by atoms with E-state index in [2.05, 4.69) is 20.2 Å². The number of amides is 1. The summed E-state index contributed by atoms with van der Waals surface area (Å²) >= 11 is 0. The van der Waals surface area contributed by atoms with Crippen LogP contribution in [0.2, 0.25) is 0 Å². The van der Waals surface area contributed by atoms with Gasteiger partial charge in [0.1, 0.15) is 0 Å². The Morgan fingerprint density at radius 1 is 0.880 bits per heavy atom. The Labute approximate surface area is 150 Å². The first-order valence-corrected chi connectivity index (χ1v) is 11.2. The molecule has 25 heavy (non-hydrogen) atoms. The Morgan fingerprint density at radius 2 is 1.36 bits per heavy atom. The molecule has 2 saturated carbocycles. The van der Waals surface area contributed by atoms with Crippen LogP contribution < -0.4 is 15.3 Å². The Kier molecular flexibility index (Phi) is 6.63. The number of hydrogen-bond acceptors (Lipinski definition) is 3. The number of carbonyl (C=O) groups excluding carboxylic acids is 1. The van der Waals surface area contributed by atoms with Gasteiger partial charge < -0.3 is 0 Å². The van der Waals surface area contributed by atoms with Crippen LogP contribution in [0.4, 0.5) is 0 Å². The van der Waals surface area contributed by atoms with Gasteiger partial charge in [-0.2, -0.15) is 0 Å². The van der Waals surface area contributed by atoms with Crippen molar-refractivity contribution in [2.45, 2.75) is 76.3 Å². The number of nitrogens with zero attached hydrogens (tertiary/aromatic N) is 1. The molecular weight excluding hydrogens is 335 g/mol. The van der Waals surface area contributed by atoms with Gasteiger partial charge in [-0.15, -0.1) is 0 Å². The van der Waals surface area contributed by atoms with Crippen molar-refractivity contribution < 1.29 is 9.36 Å². The third-order valence-electron chi connectivity index (χ3n) is 5.14. The van der Waals surface area contributed by atoms with Gasteiger partial charge in [0.15, 0.2) is 0 Å². The number of rotatable bonds is 6. The van der Waals surface area contributed by atoms with Gasteiger partial charge >= 0.3 is 7.59 Å². The zero-order valence-electron chi connectivity index (χ0n) is 14.7. The second-order valence-electron chi connectivity index (χ2n) is 7.21. The van der Waals surface area contributed by atoms with Crippen LogP contribution in [0.3, 0.4) is 0 Å². The summed E-state index contributed by atoms with van der Waals surface area (Å²) in [5, 5.41) is 9.33. The number of pyridine rings is 1. The maximum absolute atomic E-state index is 13.6. The van der Waals surface area contributed by atoms with Crippen molar-refractivity contribution in [1.29, 1.82) is 0 Å². The van der Waals surface area contributed by atoms with Crippen molar-refractivity contribution in [1.82, 2.24) is 20.2 Å². The van der Waals surface area contributed by atoms with Gasteiger partial charge in [0.25, 0.3) is 5.91 Å². The maximum Gasteiger partial charge on any atom is 0.306 e. The Balaban J connectivity index is 1.70. The molecule has 0 aromatic carbocycles. The highest BCUT2D eigenvalue weighted by Crippen LogP contribution is 2.37. The molecular formula is C18H29N4O2P. The molecule has 1 aromatic heterocycles. The zero-order chi connectivity index (χ0) is 17.5. The Morgan fingerprint density at radius 3 is 1.84 bits per heavy atom. The summed E-state index contributed by atoms with van der Waals surface area (Å²) < 4.78 is 13.6. The van der Waals surface area contributed by atoms with Crippen LogP contribution in [0, 0.1) is 0 Å². The molecule has 138 valence electrons. The quantitative estimate of drug-likeness (QED) is 0.670. The van der Waals surface area contributed by atoms with Crippen molar-refractivity contribution in [3.63, 3.8) is 0 Å². The lowest BCUT2D eigenvalue weighted by atomic mass is 9.96. The summed E-state index contributed by atoms with van der Waals surface area (Å²) in [6, 6.07) is 3.68. The molecule has 0 radical (unpaired) electrons. The summed E-state index contributed by atoms with van der Waals surface area (Å²) in [4.78, 5) is 16.5. The summed E-state index contributed by atoms with van der Waals surface area (Å²) in [6.45, 7) is 0. The molecule has 1 amide bonds. The molecule has 0 atom stereocenters. The van der Waals surface area contributed by atoms with Gasteiger partial charge in [-0.05, 0) is 37.8 Å². The molecule has 3 rings (SSSR count). The molecule has 3 N–H and O–H groups in total. The van der Waals surface area contributed by atoms with Gasteiger partial charge in [-0.25, -0.2) is 10.2 Å². The van der Waals surface area contributed by atoms with E-state index in [-0.39, 0.29) is 18.0 Å². The van der Waals surface area contributed by atoms with E-state index in [9.17, 15) is 9.36 Å². The average Bonchev–Trinajstić information content (AvgIpc) is 2.64. The first kappa shape index (κ1) is 18.6. The van der Waals surface area contributed by atoms with E-state index in [0.29, 0.717) is 5.56 Å². The monoisotopic (exact) mass is 364 g/mol. The molecule has 2 aliphatic rings. The number of aromatic nitrogens is 1. The highest BCUT2D eigenvalue weighted by molar-refractivity contribution is 7.58. The minimum absolute atomic E-state index is 0.202. The average molecular weight is 364 g/mol. The van der Waals surface area contributed by atoms with Gasteiger partial charge in [0.05, 0.1) is 0 Å². The normalized spacial score (nSPS) is 20.3. The fraction of sp³-hybridized carbons (Fsp3) is 0.667. The molecule has 0 bridgehead atoms. The molecule has 2 aliphatic carbocycles. The van der Waals surface area contributed by atoms with Gasteiger partial charge in [0.2, 0.25) is 0 Å². The predicted molar refractivity (Wildman–Crippen MR) is 99.3 cm³/mol. The Bertz CT molecular complexity index is 574. The highest BCUT2D eigenvalue weighted by Gasteiger charge is 2.32. The van der Waals surface area contributed by atoms with E-state index < -0.39 is 7.59 Å². The van der Waals surface area contributed by atoms with Crippen LogP contribution in [0.1, 0.15) is 74.6 Å². The van der Waals surface area contributed by atoms with Crippen molar-refractivity contribution in [3.05, 3.63) is 30.1 Å². The van der Waals surface area contributed by atoms with Crippen LogP contribution in [0.5, 0.6) is 0 Å². The van der Waals surface area contributed by atoms with Gasteiger partial charge in [0, 0.05) is 30.0 Å². The predicted octanol–water partition coefficient (Wildman–Crippen LogP) is 3.76. The van der Waals surface area contributed by atoms with E-state index in [0.717, 1.165) is 51.4 Å². The number of nitrogens with one attached hydrogen (secondary N) is 3. The summed E-state index contributed by atoms with van der Waals surface area (Å²) in [6.07, 6.45) is 14.3. The second kappa shape index (κ2) is 8.93. The minimum Gasteiger partial charge on any atom is -0.279 e. The molecule has 0 unspecified atom stereocenters. The van der Waals surface area contributed by atoms with Crippen LogP contribution in [0.15, 0.2) is 24.5 Å². The van der Waals surface area contributed by atoms with E-state index in [1.165, 1.54) is 12.8 Å². The van der Waals surface area contributed by atoms with Crippen molar-refractivity contribution in [2.75, 3.05) is 0 Å². The number of hydrogen-bond donors (Lipinski definition) is 3. The third-order valence-corrected chi connectivity index (χ3v) is 7.12. The molecule has 0 saturated heterocycles. The highest BCUT2D eigenvalue weighted by atomic mass is 31.2. The molecule has 6 nitrogen and oxygen atoms in total. The van der Waals surface area contributed by atoms with E-state index in [4.69, 9.17) is 0 Å². The smallest absolute Gasteiger partial charge is 0.279 e. The lowest BCUT2D eigenvalue weighted by Crippen LogP contribution is -2.44. The molecule has 7 heteroatoms. The standard InChI is InChI=1S/C18H29N4O2P/c23-18(15-11-13-19-14-12-15)22-25(24,20-16-7-3-1-4-8-16)21-17-9-5-2-6-10-17/h11-14,16-17H,1-10H2,(H3,20,21,22,23,24). The fourth-order valence-corrected chi connectivity index (χ4v) is 5.95. The fourth-order valence-electron chi connectivity index (χ4n) is 3.79. The summed E-state index contributed by atoms with van der Waals surface area (Å²) in [7, 11) is -3.20. The van der Waals surface area contributed by atoms with Crippen molar-refractivity contribution in [2.24, 2.45) is 0 Å². The zero-order valence-corrected chi connectivity index (χ0v) is 15.6. The molecule has 2 fully saturated rings. The maximum atomic E-state index is 13.6. The summed E-state index contributed by atoms with van der Waals surface area (Å²) in [5.74, 6) is -0.322. The van der Waals surface area contributed by atoms with E-state index in [1.807, 2.05) is 0 Å². The molecule has 1 aromatic rings. The molecule has 0 spiro atoms. The Hall–Kier alpha value is -1.23.